The number of ether oxygens (including phenoxy) is 2. The number of cyclic esters (lactones) is 1. The lowest BCUT2D eigenvalue weighted by atomic mass is 9.96. The Hall–Kier alpha value is -2.24. The van der Waals surface area contributed by atoms with Gasteiger partial charge in [-0.15, -0.1) is 0 Å². The van der Waals surface area contributed by atoms with E-state index in [4.69, 9.17) is 9.47 Å². The fraction of sp³-hybridized carbons (Fsp3) is 0.500. The van der Waals surface area contributed by atoms with Crippen LogP contribution in [0.25, 0.3) is 0 Å². The largest absolute Gasteiger partial charge is 0.492 e. The second-order valence-corrected chi connectivity index (χ2v) is 5.57. The number of fused-ring (bicyclic) bond motifs is 1. The van der Waals surface area contributed by atoms with Gasteiger partial charge in [0.25, 0.3) is 0 Å². The van der Waals surface area contributed by atoms with Crippen molar-refractivity contribution in [1.82, 2.24) is 10.2 Å². The Labute approximate surface area is 129 Å². The van der Waals surface area contributed by atoms with Gasteiger partial charge >= 0.3 is 6.09 Å². The van der Waals surface area contributed by atoms with Gasteiger partial charge in [-0.2, -0.15) is 0 Å². The molecule has 1 N–H and O–H groups in total. The highest BCUT2D eigenvalue weighted by molar-refractivity contribution is 5.79. The summed E-state index contributed by atoms with van der Waals surface area (Å²) in [7, 11) is 0. The summed E-state index contributed by atoms with van der Waals surface area (Å²) >= 11 is 0. The summed E-state index contributed by atoms with van der Waals surface area (Å²) in [5.41, 5.74) is 1.06. The monoisotopic (exact) mass is 304 g/mol. The van der Waals surface area contributed by atoms with Crippen molar-refractivity contribution in [3.63, 3.8) is 0 Å². The normalized spacial score (nSPS) is 20.6. The van der Waals surface area contributed by atoms with E-state index in [9.17, 15) is 9.59 Å². The molecule has 1 saturated heterocycles. The molecule has 0 saturated carbocycles. The number of hydrogen-bond acceptors (Lipinski definition) is 4. The standard InChI is InChI=1S/C16H20N2O4/c19-15(17-6-8-18-7-3-9-21-16(18)20)13-10-12-4-1-2-5-14(12)22-11-13/h1-2,4-5,13H,3,6-11H2,(H,17,19)/t13-/m0/s1. The van der Waals surface area contributed by atoms with Crippen LogP contribution >= 0.6 is 0 Å². The van der Waals surface area contributed by atoms with Crippen molar-refractivity contribution in [1.29, 1.82) is 0 Å². The van der Waals surface area contributed by atoms with Gasteiger partial charge < -0.3 is 19.7 Å². The highest BCUT2D eigenvalue weighted by Crippen LogP contribution is 2.26. The maximum Gasteiger partial charge on any atom is 0.409 e. The smallest absolute Gasteiger partial charge is 0.409 e. The van der Waals surface area contributed by atoms with E-state index in [1.807, 2.05) is 24.3 Å². The Morgan fingerprint density at radius 1 is 1.32 bits per heavy atom. The summed E-state index contributed by atoms with van der Waals surface area (Å²) in [4.78, 5) is 25.3. The lowest BCUT2D eigenvalue weighted by Crippen LogP contribution is -2.44. The third kappa shape index (κ3) is 3.32. The van der Waals surface area contributed by atoms with Crippen LogP contribution in [0.3, 0.4) is 0 Å². The Morgan fingerprint density at radius 2 is 2.18 bits per heavy atom. The summed E-state index contributed by atoms with van der Waals surface area (Å²) in [6.45, 7) is 2.49. The molecule has 1 aromatic rings. The molecule has 0 bridgehead atoms. The first-order valence-corrected chi connectivity index (χ1v) is 7.64. The molecule has 1 atom stereocenters. The van der Waals surface area contributed by atoms with Crippen molar-refractivity contribution >= 4 is 12.0 Å². The molecule has 0 aromatic heterocycles. The van der Waals surface area contributed by atoms with Gasteiger partial charge in [-0.3, -0.25) is 4.79 Å². The van der Waals surface area contributed by atoms with Crippen molar-refractivity contribution in [3.05, 3.63) is 29.8 Å². The Balaban J connectivity index is 1.46. The van der Waals surface area contributed by atoms with E-state index in [0.29, 0.717) is 39.3 Å². The number of para-hydroxylation sites is 1. The first-order valence-electron chi connectivity index (χ1n) is 7.64. The molecule has 3 rings (SSSR count). The van der Waals surface area contributed by atoms with Gasteiger partial charge in [0.2, 0.25) is 5.91 Å². The molecular weight excluding hydrogens is 284 g/mol. The molecule has 118 valence electrons. The van der Waals surface area contributed by atoms with E-state index < -0.39 is 0 Å². The van der Waals surface area contributed by atoms with E-state index in [2.05, 4.69) is 5.32 Å². The first kappa shape index (κ1) is 14.7. The van der Waals surface area contributed by atoms with Gasteiger partial charge in [-0.25, -0.2) is 4.79 Å². The van der Waals surface area contributed by atoms with Crippen LogP contribution < -0.4 is 10.1 Å². The minimum Gasteiger partial charge on any atom is -0.492 e. The van der Waals surface area contributed by atoms with Crippen molar-refractivity contribution in [2.75, 3.05) is 32.8 Å². The average Bonchev–Trinajstić information content (AvgIpc) is 2.56. The summed E-state index contributed by atoms with van der Waals surface area (Å²) in [5, 5.41) is 2.88. The number of carbonyl (C=O) groups excluding carboxylic acids is 2. The number of carbonyl (C=O) groups is 2. The second-order valence-electron chi connectivity index (χ2n) is 5.57. The number of nitrogens with zero attached hydrogens (tertiary/aromatic N) is 1. The fourth-order valence-electron chi connectivity index (χ4n) is 2.76. The molecule has 6 nitrogen and oxygen atoms in total. The molecule has 2 heterocycles. The summed E-state index contributed by atoms with van der Waals surface area (Å²) in [6, 6.07) is 7.78. The van der Waals surface area contributed by atoms with E-state index in [0.717, 1.165) is 17.7 Å². The van der Waals surface area contributed by atoms with E-state index >= 15 is 0 Å². The maximum absolute atomic E-state index is 12.2. The highest BCUT2D eigenvalue weighted by atomic mass is 16.6. The van der Waals surface area contributed by atoms with Crippen LogP contribution in [0.1, 0.15) is 12.0 Å². The van der Waals surface area contributed by atoms with Crippen molar-refractivity contribution < 1.29 is 19.1 Å². The van der Waals surface area contributed by atoms with Crippen LogP contribution in [0.2, 0.25) is 0 Å². The first-order chi connectivity index (χ1) is 10.7. The zero-order valence-electron chi connectivity index (χ0n) is 12.4. The lowest BCUT2D eigenvalue weighted by Gasteiger charge is -2.27. The molecule has 22 heavy (non-hydrogen) atoms. The van der Waals surface area contributed by atoms with Gasteiger partial charge in [0.15, 0.2) is 0 Å². The minimum absolute atomic E-state index is 0.0279. The van der Waals surface area contributed by atoms with E-state index in [1.165, 1.54) is 0 Å². The van der Waals surface area contributed by atoms with Gasteiger partial charge in [-0.05, 0) is 24.5 Å². The molecule has 0 radical (unpaired) electrons. The number of hydrogen-bond donors (Lipinski definition) is 1. The molecule has 1 aromatic carbocycles. The van der Waals surface area contributed by atoms with Gasteiger partial charge in [0.05, 0.1) is 12.5 Å². The SMILES string of the molecule is O=C(NCCN1CCCOC1=O)[C@@H]1COc2ccccc2C1. The average molecular weight is 304 g/mol. The second kappa shape index (κ2) is 6.68. The van der Waals surface area contributed by atoms with Gasteiger partial charge in [0, 0.05) is 19.6 Å². The Morgan fingerprint density at radius 3 is 3.05 bits per heavy atom. The van der Waals surface area contributed by atoms with Crippen molar-refractivity contribution in [2.24, 2.45) is 5.92 Å². The zero-order chi connectivity index (χ0) is 15.4. The van der Waals surface area contributed by atoms with Crippen LogP contribution in [0.15, 0.2) is 24.3 Å². The van der Waals surface area contributed by atoms with Crippen LogP contribution in [0.5, 0.6) is 5.75 Å². The molecule has 0 spiro atoms. The Bertz CT molecular complexity index is 561. The van der Waals surface area contributed by atoms with Crippen molar-refractivity contribution in [3.8, 4) is 5.75 Å². The molecule has 6 heteroatoms. The zero-order valence-corrected chi connectivity index (χ0v) is 12.4. The van der Waals surface area contributed by atoms with E-state index in [1.54, 1.807) is 4.90 Å². The summed E-state index contributed by atoms with van der Waals surface area (Å²) in [5.74, 6) is 0.658. The molecule has 2 aliphatic heterocycles. The predicted octanol–water partition coefficient (Wildman–Crippen LogP) is 1.20. The molecule has 1 fully saturated rings. The topological polar surface area (TPSA) is 67.9 Å². The fourth-order valence-corrected chi connectivity index (χ4v) is 2.76. The minimum atomic E-state index is -0.296. The van der Waals surface area contributed by atoms with Crippen LogP contribution in [0.4, 0.5) is 4.79 Å². The third-order valence-corrected chi connectivity index (χ3v) is 3.99. The number of benzene rings is 1. The Kier molecular flexibility index (Phi) is 4.46. The highest BCUT2D eigenvalue weighted by Gasteiger charge is 2.26. The van der Waals surface area contributed by atoms with Crippen molar-refractivity contribution in [2.45, 2.75) is 12.8 Å². The van der Waals surface area contributed by atoms with Crippen LogP contribution in [-0.4, -0.2) is 49.7 Å². The van der Waals surface area contributed by atoms with Gasteiger partial charge in [-0.1, -0.05) is 18.2 Å². The number of nitrogens with one attached hydrogen (secondary N) is 1. The van der Waals surface area contributed by atoms with Crippen LogP contribution in [0, 0.1) is 5.92 Å². The third-order valence-electron chi connectivity index (χ3n) is 3.99. The summed E-state index contributed by atoms with van der Waals surface area (Å²) in [6.07, 6.45) is 1.23. The van der Waals surface area contributed by atoms with Gasteiger partial charge in [0.1, 0.15) is 12.4 Å². The molecule has 2 amide bonds. The maximum atomic E-state index is 12.2. The predicted molar refractivity (Wildman–Crippen MR) is 79.7 cm³/mol. The number of rotatable bonds is 4. The van der Waals surface area contributed by atoms with Crippen LogP contribution in [-0.2, 0) is 16.0 Å². The molecule has 0 aliphatic carbocycles. The molecule has 0 unspecified atom stereocenters. The summed E-state index contributed by atoms with van der Waals surface area (Å²) < 4.78 is 10.6. The lowest BCUT2D eigenvalue weighted by molar-refractivity contribution is -0.126. The molecule has 2 aliphatic rings. The van der Waals surface area contributed by atoms with E-state index in [-0.39, 0.29) is 17.9 Å². The quantitative estimate of drug-likeness (QED) is 0.907. The number of amides is 2. The molecular formula is C16H20N2O4.